The van der Waals surface area contributed by atoms with Gasteiger partial charge in [-0.15, -0.1) is 0 Å². The Balaban J connectivity index is 2.46. The lowest BCUT2D eigenvalue weighted by Crippen LogP contribution is -2.61. The van der Waals surface area contributed by atoms with Crippen LogP contribution < -0.4 is 0 Å². The number of carboxylic acids is 1. The summed E-state index contributed by atoms with van der Waals surface area (Å²) in [5.74, 6) is -3.42. The third-order valence-electron chi connectivity index (χ3n) is 5.64. The van der Waals surface area contributed by atoms with Crippen LogP contribution in [-0.2, 0) is 23.8 Å². The fraction of sp³-hybridized carbons (Fsp3) is 0.875. The Morgan fingerprint density at radius 3 is 2.25 bits per heavy atom. The van der Waals surface area contributed by atoms with Crippen molar-refractivity contribution in [3.63, 3.8) is 0 Å². The molecule has 0 spiro atoms. The van der Waals surface area contributed by atoms with Crippen LogP contribution in [0.25, 0.3) is 41.8 Å². The van der Waals surface area contributed by atoms with Gasteiger partial charge < -0.3 is 24.4 Å². The first-order valence-corrected chi connectivity index (χ1v) is 10.3. The molecule has 0 bridgehead atoms. The highest BCUT2D eigenvalue weighted by Crippen LogP contribution is 2.37. The van der Waals surface area contributed by atoms with Crippen LogP contribution in [0, 0.1) is 5.92 Å². The Morgan fingerprint density at radius 1 is 1.06 bits per heavy atom. The number of hydrogen-bond acceptors (Lipinski definition) is 10. The van der Waals surface area contributed by atoms with E-state index in [-0.39, 0.29) is 6.42 Å². The zero-order chi connectivity index (χ0) is 26.8. The average molecular weight is 512 g/mol. The van der Waals surface area contributed by atoms with Gasteiger partial charge in [0.25, 0.3) is 0 Å². The molecule has 36 heavy (non-hydrogen) atoms. The first kappa shape index (κ1) is 28.2. The van der Waals surface area contributed by atoms with Crippen LogP contribution in [0.3, 0.4) is 0 Å². The summed E-state index contributed by atoms with van der Waals surface area (Å²) in [6.07, 6.45) is -11.2. The number of rotatable bonds is 10. The SMILES string of the molecule is CC(=O)O[C@H]1[C@@H](F)[C@@H](N=[N+]=[N-])[C@@H](O[C@H]2[C@@H](O)[C@@H](CC(=O)O)[C@H](N=[N+]=[N-])C[C@@H]2N=[N+]=[N-])O[C@@H]1CN=[N+]=[N-]. The highest BCUT2D eigenvalue weighted by Gasteiger charge is 2.52. The van der Waals surface area contributed by atoms with Gasteiger partial charge in [-0.2, -0.15) is 0 Å². The molecule has 2 rings (SSSR count). The lowest BCUT2D eigenvalue weighted by Gasteiger charge is -2.46. The van der Waals surface area contributed by atoms with Crippen molar-refractivity contribution in [1.82, 2.24) is 0 Å². The fourth-order valence-corrected chi connectivity index (χ4v) is 4.18. The van der Waals surface area contributed by atoms with Crippen LogP contribution in [0.4, 0.5) is 4.39 Å². The van der Waals surface area contributed by atoms with Gasteiger partial charge in [-0.05, 0) is 28.5 Å². The zero-order valence-electron chi connectivity index (χ0n) is 18.6. The number of halogens is 1. The van der Waals surface area contributed by atoms with Crippen LogP contribution in [0.15, 0.2) is 20.5 Å². The van der Waals surface area contributed by atoms with Crippen molar-refractivity contribution in [3.8, 4) is 0 Å². The monoisotopic (exact) mass is 512 g/mol. The molecule has 2 aliphatic rings. The van der Waals surface area contributed by atoms with Crippen molar-refractivity contribution in [2.24, 2.45) is 26.4 Å². The molecule has 1 saturated carbocycles. The molecule has 0 amide bonds. The number of aliphatic hydroxyl groups is 1. The predicted molar refractivity (Wildman–Crippen MR) is 113 cm³/mol. The van der Waals surface area contributed by atoms with Crippen LogP contribution in [0.2, 0.25) is 0 Å². The maximum Gasteiger partial charge on any atom is 0.303 e. The molecule has 0 unspecified atom stereocenters. The highest BCUT2D eigenvalue weighted by atomic mass is 19.1. The second-order valence-electron chi connectivity index (χ2n) is 7.80. The average Bonchev–Trinajstić information content (AvgIpc) is 2.81. The molecule has 19 nitrogen and oxygen atoms in total. The number of ether oxygens (including phenoxy) is 3. The van der Waals surface area contributed by atoms with Crippen molar-refractivity contribution in [3.05, 3.63) is 41.8 Å². The highest BCUT2D eigenvalue weighted by molar-refractivity contribution is 5.67. The third-order valence-corrected chi connectivity index (χ3v) is 5.64. The Morgan fingerprint density at radius 2 is 1.69 bits per heavy atom. The number of alkyl halides is 1. The molecule has 1 aliphatic carbocycles. The summed E-state index contributed by atoms with van der Waals surface area (Å²) >= 11 is 0. The first-order valence-electron chi connectivity index (χ1n) is 10.3. The van der Waals surface area contributed by atoms with Gasteiger partial charge in [0.1, 0.15) is 12.1 Å². The summed E-state index contributed by atoms with van der Waals surface area (Å²) in [6.45, 7) is 0.472. The van der Waals surface area contributed by atoms with Crippen molar-refractivity contribution in [1.29, 1.82) is 0 Å². The minimum atomic E-state index is -2.22. The quantitative estimate of drug-likeness (QED) is 0.190. The second kappa shape index (κ2) is 13.2. The molecule has 0 aromatic rings. The topological polar surface area (TPSA) is 297 Å². The van der Waals surface area contributed by atoms with Crippen molar-refractivity contribution >= 4 is 11.9 Å². The van der Waals surface area contributed by atoms with Gasteiger partial charge in [0.2, 0.25) is 0 Å². The summed E-state index contributed by atoms with van der Waals surface area (Å²) in [5, 5.41) is 33.7. The van der Waals surface area contributed by atoms with Gasteiger partial charge in [-0.25, -0.2) is 4.39 Å². The van der Waals surface area contributed by atoms with Crippen LogP contribution >= 0.6 is 0 Å². The molecule has 1 heterocycles. The van der Waals surface area contributed by atoms with E-state index in [0.29, 0.717) is 0 Å². The maximum absolute atomic E-state index is 15.4. The lowest BCUT2D eigenvalue weighted by atomic mass is 9.76. The maximum atomic E-state index is 15.4. The number of esters is 1. The van der Waals surface area contributed by atoms with Crippen molar-refractivity contribution in [2.45, 2.75) is 74.8 Å². The Bertz CT molecular complexity index is 1020. The van der Waals surface area contributed by atoms with Gasteiger partial charge in [-0.3, -0.25) is 9.59 Å². The molecule has 0 radical (unpaired) electrons. The molecular weight excluding hydrogens is 491 g/mol. The van der Waals surface area contributed by atoms with E-state index < -0.39 is 85.8 Å². The van der Waals surface area contributed by atoms with Crippen LogP contribution in [-0.4, -0.2) is 83.7 Å². The molecule has 0 aromatic carbocycles. The second-order valence-corrected chi connectivity index (χ2v) is 7.80. The normalized spacial score (nSPS) is 35.5. The summed E-state index contributed by atoms with van der Waals surface area (Å²) in [7, 11) is 0. The van der Waals surface area contributed by atoms with E-state index in [9.17, 15) is 19.8 Å². The number of aliphatic carboxylic acids is 1. The molecule has 0 aromatic heterocycles. The fourth-order valence-electron chi connectivity index (χ4n) is 4.18. The molecule has 2 fully saturated rings. The number of carbonyl (C=O) groups is 2. The van der Waals surface area contributed by atoms with Crippen LogP contribution in [0.1, 0.15) is 19.8 Å². The zero-order valence-corrected chi connectivity index (χ0v) is 18.6. The van der Waals surface area contributed by atoms with E-state index >= 15 is 4.39 Å². The van der Waals surface area contributed by atoms with Gasteiger partial charge >= 0.3 is 11.9 Å². The summed E-state index contributed by atoms with van der Waals surface area (Å²) in [4.78, 5) is 33.2. The summed E-state index contributed by atoms with van der Waals surface area (Å²) in [5.41, 5.74) is 35.4. The minimum absolute atomic E-state index is 0.232. The van der Waals surface area contributed by atoms with Gasteiger partial charge in [0, 0.05) is 38.5 Å². The first-order chi connectivity index (χ1) is 17.2. The summed E-state index contributed by atoms with van der Waals surface area (Å²) in [6, 6.07) is -4.11. The smallest absolute Gasteiger partial charge is 0.303 e. The Hall–Kier alpha value is -4.01. The molecule has 1 saturated heterocycles. The minimum Gasteiger partial charge on any atom is -0.481 e. The van der Waals surface area contributed by atoms with E-state index in [0.717, 1.165) is 6.92 Å². The van der Waals surface area contributed by atoms with E-state index in [4.69, 9.17) is 36.3 Å². The largest absolute Gasteiger partial charge is 0.481 e. The Labute approximate surface area is 200 Å². The Kier molecular flexibility index (Phi) is 10.3. The predicted octanol–water partition coefficient (Wildman–Crippen LogP) is 2.57. The third kappa shape index (κ3) is 6.78. The van der Waals surface area contributed by atoms with Gasteiger partial charge in [0.05, 0.1) is 31.2 Å². The number of nitrogens with zero attached hydrogens (tertiary/aromatic N) is 12. The lowest BCUT2D eigenvalue weighted by molar-refractivity contribution is -0.280. The number of carbonyl (C=O) groups excluding carboxylic acids is 1. The van der Waals surface area contributed by atoms with Gasteiger partial charge in [0.15, 0.2) is 18.6 Å². The number of aliphatic hydroxyl groups excluding tert-OH is 1. The van der Waals surface area contributed by atoms with E-state index in [2.05, 4.69) is 40.1 Å². The van der Waals surface area contributed by atoms with Crippen molar-refractivity contribution < 1.29 is 38.4 Å². The van der Waals surface area contributed by atoms with E-state index in [1.54, 1.807) is 0 Å². The molecule has 10 atom stereocenters. The number of azide groups is 4. The van der Waals surface area contributed by atoms with E-state index in [1.807, 2.05) is 0 Å². The number of hydrogen-bond donors (Lipinski definition) is 2. The molecule has 20 heteroatoms. The molecule has 194 valence electrons. The molecular formula is C16H21FN12O7. The van der Waals surface area contributed by atoms with E-state index in [1.165, 1.54) is 0 Å². The number of carboxylic acid groups (broad SMARTS) is 1. The van der Waals surface area contributed by atoms with Crippen LogP contribution in [0.5, 0.6) is 0 Å². The molecule has 2 N–H and O–H groups in total. The van der Waals surface area contributed by atoms with Crippen molar-refractivity contribution in [2.75, 3.05) is 6.54 Å². The molecule has 1 aliphatic heterocycles. The standard InChI is InChI=1S/C16H21FN12O7/c1-5(30)34-15-9(4-22-26-18)35-16(12(11(15)17)25-29-21)36-14-8(24-28-20)3-7(23-27-19)6(13(14)33)2-10(31)32/h6-9,11-16,33H,2-4H2,1H3,(H,31,32)/t6-,7+,8-,9+,11-,12+,13-,14+,15+,16+/m0/s1. The van der Waals surface area contributed by atoms with Gasteiger partial charge in [-0.1, -0.05) is 20.5 Å². The summed E-state index contributed by atoms with van der Waals surface area (Å²) < 4.78 is 31.6.